The van der Waals surface area contributed by atoms with Crippen molar-refractivity contribution >= 4 is 16.9 Å². The van der Waals surface area contributed by atoms with Crippen LogP contribution in [-0.4, -0.2) is 35.0 Å². The van der Waals surface area contributed by atoms with Gasteiger partial charge in [0.1, 0.15) is 5.75 Å². The van der Waals surface area contributed by atoms with E-state index >= 15 is 0 Å². The van der Waals surface area contributed by atoms with E-state index in [1.165, 1.54) is 0 Å². The standard InChI is InChI=1S/C16H21NO4/c1-3-9-21-13-5-6-14-12(10-13)7-8-17(14)11-15(16(18)19)20-4-2/h5-8,10,15H,3-4,9,11H2,1-2H3,(H,18,19). The highest BCUT2D eigenvalue weighted by atomic mass is 16.5. The van der Waals surface area contributed by atoms with Crippen LogP contribution in [-0.2, 0) is 16.1 Å². The summed E-state index contributed by atoms with van der Waals surface area (Å²) >= 11 is 0. The molecule has 5 heteroatoms. The highest BCUT2D eigenvalue weighted by Crippen LogP contribution is 2.22. The second-order valence-corrected chi connectivity index (χ2v) is 4.82. The molecule has 0 aliphatic heterocycles. The van der Waals surface area contributed by atoms with Gasteiger partial charge in [0.05, 0.1) is 13.2 Å². The van der Waals surface area contributed by atoms with Crippen molar-refractivity contribution in [3.63, 3.8) is 0 Å². The summed E-state index contributed by atoms with van der Waals surface area (Å²) in [4.78, 5) is 11.2. The van der Waals surface area contributed by atoms with Gasteiger partial charge in [0.2, 0.25) is 0 Å². The molecular weight excluding hydrogens is 270 g/mol. The third kappa shape index (κ3) is 3.76. The predicted octanol–water partition coefficient (Wildman–Crippen LogP) is 2.92. The Morgan fingerprint density at radius 2 is 2.14 bits per heavy atom. The SMILES string of the molecule is CCCOc1ccc2c(ccn2CC(OCC)C(=O)O)c1. The minimum absolute atomic E-state index is 0.293. The van der Waals surface area contributed by atoms with Crippen molar-refractivity contribution in [3.05, 3.63) is 30.5 Å². The third-order valence-electron chi connectivity index (χ3n) is 3.22. The summed E-state index contributed by atoms with van der Waals surface area (Å²) in [6.07, 6.45) is 2.01. The molecule has 0 amide bonds. The fourth-order valence-electron chi connectivity index (χ4n) is 2.23. The van der Waals surface area contributed by atoms with Crippen LogP contribution >= 0.6 is 0 Å². The molecule has 2 rings (SSSR count). The van der Waals surface area contributed by atoms with E-state index in [-0.39, 0.29) is 0 Å². The van der Waals surface area contributed by atoms with Gasteiger partial charge in [-0.3, -0.25) is 0 Å². The molecule has 0 saturated heterocycles. The fraction of sp³-hybridized carbons (Fsp3) is 0.438. The van der Waals surface area contributed by atoms with Gasteiger partial charge in [0, 0.05) is 23.7 Å². The second kappa shape index (κ2) is 7.13. The Hall–Kier alpha value is -2.01. The first-order valence-corrected chi connectivity index (χ1v) is 7.21. The molecule has 5 nitrogen and oxygen atoms in total. The molecule has 1 N–H and O–H groups in total. The highest BCUT2D eigenvalue weighted by molar-refractivity contribution is 5.82. The Morgan fingerprint density at radius 1 is 1.33 bits per heavy atom. The van der Waals surface area contributed by atoms with E-state index in [4.69, 9.17) is 14.6 Å². The topological polar surface area (TPSA) is 60.7 Å². The smallest absolute Gasteiger partial charge is 0.334 e. The van der Waals surface area contributed by atoms with Gasteiger partial charge in [-0.25, -0.2) is 4.79 Å². The molecule has 1 heterocycles. The van der Waals surface area contributed by atoms with Gasteiger partial charge in [-0.1, -0.05) is 6.92 Å². The number of carboxylic acid groups (broad SMARTS) is 1. The minimum Gasteiger partial charge on any atom is -0.494 e. The van der Waals surface area contributed by atoms with E-state index < -0.39 is 12.1 Å². The number of carbonyl (C=O) groups is 1. The molecule has 0 spiro atoms. The lowest BCUT2D eigenvalue weighted by Gasteiger charge is -2.14. The lowest BCUT2D eigenvalue weighted by molar-refractivity contribution is -0.150. The summed E-state index contributed by atoms with van der Waals surface area (Å²) in [6, 6.07) is 7.78. The zero-order valence-electron chi connectivity index (χ0n) is 12.4. The third-order valence-corrected chi connectivity index (χ3v) is 3.22. The first-order chi connectivity index (χ1) is 10.2. The molecule has 0 radical (unpaired) electrons. The number of nitrogens with zero attached hydrogens (tertiary/aromatic N) is 1. The van der Waals surface area contributed by atoms with Crippen molar-refractivity contribution in [2.24, 2.45) is 0 Å². The zero-order chi connectivity index (χ0) is 15.2. The van der Waals surface area contributed by atoms with Crippen molar-refractivity contribution in [1.29, 1.82) is 0 Å². The van der Waals surface area contributed by atoms with Gasteiger partial charge in [0.15, 0.2) is 6.10 Å². The number of aliphatic carboxylic acids is 1. The maximum atomic E-state index is 11.2. The Kier molecular flexibility index (Phi) is 5.22. The first kappa shape index (κ1) is 15.4. The molecule has 1 unspecified atom stereocenters. The van der Waals surface area contributed by atoms with E-state index in [1.54, 1.807) is 6.92 Å². The molecule has 2 aromatic rings. The molecule has 114 valence electrons. The Bertz CT molecular complexity index is 605. The van der Waals surface area contributed by atoms with Crippen molar-refractivity contribution in [1.82, 2.24) is 4.57 Å². The molecule has 1 aromatic heterocycles. The number of hydrogen-bond acceptors (Lipinski definition) is 3. The summed E-state index contributed by atoms with van der Waals surface area (Å²) in [5, 5.41) is 10.2. The predicted molar refractivity (Wildman–Crippen MR) is 80.8 cm³/mol. The minimum atomic E-state index is -0.943. The van der Waals surface area contributed by atoms with E-state index in [1.807, 2.05) is 35.0 Å². The summed E-state index contributed by atoms with van der Waals surface area (Å²) in [5.41, 5.74) is 0.977. The molecule has 1 aromatic carbocycles. The number of aromatic nitrogens is 1. The maximum Gasteiger partial charge on any atom is 0.334 e. The lowest BCUT2D eigenvalue weighted by Crippen LogP contribution is -2.28. The number of ether oxygens (including phenoxy) is 2. The number of hydrogen-bond donors (Lipinski definition) is 1. The Labute approximate surface area is 124 Å². The van der Waals surface area contributed by atoms with E-state index in [2.05, 4.69) is 6.92 Å². The normalized spacial score (nSPS) is 12.5. The quantitative estimate of drug-likeness (QED) is 0.812. The van der Waals surface area contributed by atoms with Crippen LogP contribution in [0.1, 0.15) is 20.3 Å². The zero-order valence-corrected chi connectivity index (χ0v) is 12.4. The first-order valence-electron chi connectivity index (χ1n) is 7.21. The Balaban J connectivity index is 2.19. The lowest BCUT2D eigenvalue weighted by atomic mass is 10.2. The average Bonchev–Trinajstić information content (AvgIpc) is 2.87. The van der Waals surface area contributed by atoms with E-state index in [0.717, 1.165) is 23.1 Å². The molecular formula is C16H21NO4. The fourth-order valence-corrected chi connectivity index (χ4v) is 2.23. The summed E-state index contributed by atoms with van der Waals surface area (Å²) in [7, 11) is 0. The van der Waals surface area contributed by atoms with Crippen LogP contribution < -0.4 is 4.74 Å². The largest absolute Gasteiger partial charge is 0.494 e. The summed E-state index contributed by atoms with van der Waals surface area (Å²) < 4.78 is 12.8. The van der Waals surface area contributed by atoms with Gasteiger partial charge in [-0.05, 0) is 37.6 Å². The van der Waals surface area contributed by atoms with Crippen molar-refractivity contribution in [2.75, 3.05) is 13.2 Å². The van der Waals surface area contributed by atoms with E-state index in [9.17, 15) is 4.79 Å². The molecule has 0 saturated carbocycles. The molecule has 21 heavy (non-hydrogen) atoms. The van der Waals surface area contributed by atoms with Crippen LogP contribution in [0.2, 0.25) is 0 Å². The average molecular weight is 291 g/mol. The summed E-state index contributed by atoms with van der Waals surface area (Å²) in [5.74, 6) is -0.108. The Morgan fingerprint density at radius 3 is 2.81 bits per heavy atom. The second-order valence-electron chi connectivity index (χ2n) is 4.82. The van der Waals surface area contributed by atoms with Gasteiger partial charge >= 0.3 is 5.97 Å². The van der Waals surface area contributed by atoms with Crippen LogP contribution in [0.5, 0.6) is 5.75 Å². The van der Waals surface area contributed by atoms with Gasteiger partial charge in [-0.15, -0.1) is 0 Å². The number of fused-ring (bicyclic) bond motifs is 1. The molecule has 0 aliphatic carbocycles. The van der Waals surface area contributed by atoms with Crippen LogP contribution in [0.15, 0.2) is 30.5 Å². The van der Waals surface area contributed by atoms with Gasteiger partial charge < -0.3 is 19.1 Å². The van der Waals surface area contributed by atoms with Crippen LogP contribution in [0, 0.1) is 0 Å². The van der Waals surface area contributed by atoms with Gasteiger partial charge in [-0.2, -0.15) is 0 Å². The number of rotatable bonds is 8. The molecule has 0 aliphatic rings. The maximum absolute atomic E-state index is 11.2. The van der Waals surface area contributed by atoms with Crippen LogP contribution in [0.3, 0.4) is 0 Å². The monoisotopic (exact) mass is 291 g/mol. The molecule has 1 atom stereocenters. The number of carboxylic acids is 1. The number of benzene rings is 1. The van der Waals surface area contributed by atoms with Crippen molar-refractivity contribution < 1.29 is 19.4 Å². The summed E-state index contributed by atoms with van der Waals surface area (Å²) in [6.45, 7) is 5.22. The van der Waals surface area contributed by atoms with Crippen molar-refractivity contribution in [2.45, 2.75) is 32.9 Å². The molecule has 0 bridgehead atoms. The van der Waals surface area contributed by atoms with E-state index in [0.29, 0.717) is 19.8 Å². The van der Waals surface area contributed by atoms with Crippen LogP contribution in [0.25, 0.3) is 10.9 Å². The van der Waals surface area contributed by atoms with Crippen molar-refractivity contribution in [3.8, 4) is 5.75 Å². The highest BCUT2D eigenvalue weighted by Gasteiger charge is 2.18. The van der Waals surface area contributed by atoms with Crippen LogP contribution in [0.4, 0.5) is 0 Å². The van der Waals surface area contributed by atoms with Gasteiger partial charge in [0.25, 0.3) is 0 Å². The molecule has 0 fully saturated rings.